The second-order valence-electron chi connectivity index (χ2n) is 4.26. The third-order valence-electron chi connectivity index (χ3n) is 2.89. The van der Waals surface area contributed by atoms with Gasteiger partial charge in [-0.3, -0.25) is 9.63 Å². The molecule has 7 nitrogen and oxygen atoms in total. The van der Waals surface area contributed by atoms with E-state index in [0.717, 1.165) is 30.0 Å². The largest absolute Gasteiger partial charge is 0.469 e. The van der Waals surface area contributed by atoms with Crippen molar-refractivity contribution >= 4 is 16.2 Å². The van der Waals surface area contributed by atoms with E-state index >= 15 is 0 Å². The molecule has 0 bridgehead atoms. The highest BCUT2D eigenvalue weighted by Gasteiger charge is 2.22. The average Bonchev–Trinajstić information content (AvgIpc) is 2.86. The number of hydrogen-bond donors (Lipinski definition) is 1. The van der Waals surface area contributed by atoms with E-state index in [9.17, 15) is 13.2 Å². The normalized spacial score (nSPS) is 17.3. The maximum Gasteiger partial charge on any atom is 0.306 e. The van der Waals surface area contributed by atoms with Gasteiger partial charge in [0.15, 0.2) is 0 Å². The van der Waals surface area contributed by atoms with Gasteiger partial charge in [0.25, 0.3) is 0 Å². The molecule has 1 N–H and O–H groups in total. The Morgan fingerprint density at radius 2 is 2.00 bits per heavy atom. The highest BCUT2D eigenvalue weighted by atomic mass is 32.2. The van der Waals surface area contributed by atoms with Gasteiger partial charge in [-0.05, 0) is 12.8 Å². The molecule has 0 aromatic carbocycles. The van der Waals surface area contributed by atoms with Crippen molar-refractivity contribution in [3.63, 3.8) is 0 Å². The summed E-state index contributed by atoms with van der Waals surface area (Å²) < 4.78 is 28.9. The third-order valence-corrected chi connectivity index (χ3v) is 4.20. The van der Waals surface area contributed by atoms with Crippen molar-refractivity contribution < 1.29 is 22.8 Å². The molecule has 1 rings (SSSR count). The first-order valence-corrected chi connectivity index (χ1v) is 7.35. The number of ether oxygens (including phenoxy) is 1. The fourth-order valence-electron chi connectivity index (χ4n) is 1.67. The van der Waals surface area contributed by atoms with Crippen LogP contribution >= 0.6 is 0 Å². The Balaban J connectivity index is 2.34. The topological polar surface area (TPSA) is 84.9 Å². The summed E-state index contributed by atoms with van der Waals surface area (Å²) in [5.41, 5.74) is 0. The minimum atomic E-state index is -3.70. The second kappa shape index (κ2) is 7.03. The van der Waals surface area contributed by atoms with Crippen LogP contribution in [0.1, 0.15) is 32.1 Å². The van der Waals surface area contributed by atoms with Gasteiger partial charge in [0, 0.05) is 13.6 Å². The lowest BCUT2D eigenvalue weighted by molar-refractivity contribution is -0.140. The molecule has 0 amide bonds. The molecule has 0 unspecified atom stereocenters. The van der Waals surface area contributed by atoms with Crippen LogP contribution in [0.4, 0.5) is 0 Å². The van der Waals surface area contributed by atoms with E-state index in [4.69, 9.17) is 4.84 Å². The number of methoxy groups -OCH3 is 1. The molecule has 18 heavy (non-hydrogen) atoms. The quantitative estimate of drug-likeness (QED) is 0.531. The molecule has 1 aliphatic rings. The zero-order valence-corrected chi connectivity index (χ0v) is 11.5. The van der Waals surface area contributed by atoms with Crippen LogP contribution in [0.15, 0.2) is 0 Å². The summed E-state index contributed by atoms with van der Waals surface area (Å²) in [6.07, 6.45) is 3.82. The van der Waals surface area contributed by atoms with Gasteiger partial charge >= 0.3 is 16.2 Å². The molecule has 0 heterocycles. The van der Waals surface area contributed by atoms with Gasteiger partial charge in [0.2, 0.25) is 0 Å². The van der Waals surface area contributed by atoms with E-state index in [1.54, 1.807) is 0 Å². The molecule has 1 fully saturated rings. The van der Waals surface area contributed by atoms with E-state index in [0.29, 0.717) is 0 Å². The molecule has 0 aromatic rings. The zero-order valence-electron chi connectivity index (χ0n) is 10.7. The Morgan fingerprint density at radius 3 is 2.56 bits per heavy atom. The number of hydrogen-bond acceptors (Lipinski definition) is 5. The smallest absolute Gasteiger partial charge is 0.306 e. The van der Waals surface area contributed by atoms with Gasteiger partial charge in [0.05, 0.1) is 19.6 Å². The van der Waals surface area contributed by atoms with Crippen LogP contribution in [-0.2, 0) is 24.6 Å². The van der Waals surface area contributed by atoms with Gasteiger partial charge in [-0.15, -0.1) is 0 Å². The summed E-state index contributed by atoms with van der Waals surface area (Å²) >= 11 is 0. The molecule has 0 aromatic heterocycles. The van der Waals surface area contributed by atoms with E-state index in [1.165, 1.54) is 14.2 Å². The van der Waals surface area contributed by atoms with Gasteiger partial charge in [0.1, 0.15) is 0 Å². The molecule has 106 valence electrons. The van der Waals surface area contributed by atoms with E-state index < -0.39 is 16.2 Å². The molecular formula is C10H20N2O5S. The molecule has 0 aliphatic heterocycles. The molecule has 0 saturated heterocycles. The van der Waals surface area contributed by atoms with Gasteiger partial charge in [-0.2, -0.15) is 12.7 Å². The summed E-state index contributed by atoms with van der Waals surface area (Å²) in [6.45, 7) is 0.0516. The Labute approximate surface area is 108 Å². The fraction of sp³-hybridized carbons (Fsp3) is 0.900. The maximum absolute atomic E-state index is 11.7. The lowest BCUT2D eigenvalue weighted by atomic mass is 10.3. The van der Waals surface area contributed by atoms with Crippen LogP contribution in [0.5, 0.6) is 0 Å². The minimum absolute atomic E-state index is 0.0112. The van der Waals surface area contributed by atoms with E-state index in [-0.39, 0.29) is 19.1 Å². The maximum atomic E-state index is 11.7. The first-order valence-electron chi connectivity index (χ1n) is 5.91. The van der Waals surface area contributed by atoms with Crippen LogP contribution < -0.4 is 4.89 Å². The Hall–Kier alpha value is -0.700. The highest BCUT2D eigenvalue weighted by molar-refractivity contribution is 7.86. The van der Waals surface area contributed by atoms with Crippen LogP contribution in [0.3, 0.4) is 0 Å². The summed E-state index contributed by atoms with van der Waals surface area (Å²) in [4.78, 5) is 18.1. The molecule has 0 atom stereocenters. The standard InChI is InChI=1S/C10H20N2O5S/c1-12(8-7-10(13)16-2)18(14,15)11-17-9-5-3-4-6-9/h9,11H,3-8H2,1-2H3. The summed E-state index contributed by atoms with van der Waals surface area (Å²) in [5, 5.41) is 0. The van der Waals surface area contributed by atoms with Gasteiger partial charge < -0.3 is 4.74 Å². The van der Waals surface area contributed by atoms with E-state index in [1.807, 2.05) is 0 Å². The molecular weight excluding hydrogens is 260 g/mol. The lowest BCUT2D eigenvalue weighted by Gasteiger charge is -2.18. The number of esters is 1. The predicted octanol–water partition coefficient (Wildman–Crippen LogP) is 0.190. The molecule has 1 saturated carbocycles. The molecule has 0 radical (unpaired) electrons. The van der Waals surface area contributed by atoms with Crippen molar-refractivity contribution in [2.24, 2.45) is 0 Å². The average molecular weight is 280 g/mol. The number of carbonyl (C=O) groups excluding carboxylic acids is 1. The summed E-state index contributed by atoms with van der Waals surface area (Å²) in [5.74, 6) is -0.450. The number of nitrogens with one attached hydrogen (secondary N) is 1. The zero-order chi connectivity index (χ0) is 13.6. The number of nitrogens with zero attached hydrogens (tertiary/aromatic N) is 1. The minimum Gasteiger partial charge on any atom is -0.469 e. The summed E-state index contributed by atoms with van der Waals surface area (Å²) in [7, 11) is -1.06. The van der Waals surface area contributed by atoms with Crippen LogP contribution in [0, 0.1) is 0 Å². The Kier molecular flexibility index (Phi) is 6.00. The molecule has 0 spiro atoms. The molecule has 1 aliphatic carbocycles. The Bertz CT molecular complexity index is 364. The fourth-order valence-corrected chi connectivity index (χ4v) is 2.39. The van der Waals surface area contributed by atoms with Crippen LogP contribution in [0.25, 0.3) is 0 Å². The SMILES string of the molecule is COC(=O)CCN(C)S(=O)(=O)NOC1CCCC1. The van der Waals surface area contributed by atoms with Crippen molar-refractivity contribution in [3.8, 4) is 0 Å². The predicted molar refractivity (Wildman–Crippen MR) is 64.7 cm³/mol. The molecule has 8 heteroatoms. The van der Waals surface area contributed by atoms with Crippen LogP contribution in [0.2, 0.25) is 0 Å². The lowest BCUT2D eigenvalue weighted by Crippen LogP contribution is -2.40. The number of rotatable bonds is 7. The van der Waals surface area contributed by atoms with Crippen molar-refractivity contribution in [1.29, 1.82) is 0 Å². The first-order chi connectivity index (χ1) is 8.45. The van der Waals surface area contributed by atoms with Gasteiger partial charge in [-0.25, -0.2) is 0 Å². The van der Waals surface area contributed by atoms with Crippen molar-refractivity contribution in [1.82, 2.24) is 9.19 Å². The summed E-state index contributed by atoms with van der Waals surface area (Å²) in [6, 6.07) is 0. The van der Waals surface area contributed by atoms with Crippen molar-refractivity contribution in [2.45, 2.75) is 38.2 Å². The second-order valence-corrected chi connectivity index (χ2v) is 6.00. The first kappa shape index (κ1) is 15.4. The van der Waals surface area contributed by atoms with Gasteiger partial charge in [-0.1, -0.05) is 17.7 Å². The van der Waals surface area contributed by atoms with Crippen molar-refractivity contribution in [2.75, 3.05) is 20.7 Å². The van der Waals surface area contributed by atoms with E-state index in [2.05, 4.69) is 9.62 Å². The monoisotopic (exact) mass is 280 g/mol. The Morgan fingerprint density at radius 1 is 1.39 bits per heavy atom. The third kappa shape index (κ3) is 4.89. The number of carbonyl (C=O) groups is 1. The van der Waals surface area contributed by atoms with Crippen molar-refractivity contribution in [3.05, 3.63) is 0 Å². The van der Waals surface area contributed by atoms with Crippen LogP contribution in [-0.4, -0.2) is 45.5 Å². The highest BCUT2D eigenvalue weighted by Crippen LogP contribution is 2.20.